The van der Waals surface area contributed by atoms with Crippen LogP contribution in [0.15, 0.2) is 24.3 Å². The molecular formula is C14H16N2O5. The highest BCUT2D eigenvalue weighted by Gasteiger charge is 2.35. The largest absolute Gasteiger partial charge is 0.462 e. The molecular weight excluding hydrogens is 276 g/mol. The lowest BCUT2D eigenvalue weighted by atomic mass is 10.1. The van der Waals surface area contributed by atoms with Crippen LogP contribution in [0, 0.1) is 0 Å². The molecule has 1 saturated heterocycles. The number of ether oxygens (including phenoxy) is 2. The van der Waals surface area contributed by atoms with Crippen molar-refractivity contribution in [3.8, 4) is 0 Å². The van der Waals surface area contributed by atoms with E-state index in [1.54, 1.807) is 31.2 Å². The number of nitrogens with zero attached hydrogens (tertiary/aromatic N) is 1. The van der Waals surface area contributed by atoms with Crippen LogP contribution < -0.4 is 5.32 Å². The Labute approximate surface area is 121 Å². The fourth-order valence-corrected chi connectivity index (χ4v) is 1.94. The number of benzene rings is 1. The van der Waals surface area contributed by atoms with E-state index in [0.29, 0.717) is 5.69 Å². The van der Waals surface area contributed by atoms with Gasteiger partial charge in [0.05, 0.1) is 17.9 Å². The van der Waals surface area contributed by atoms with E-state index in [1.165, 1.54) is 11.9 Å². The van der Waals surface area contributed by atoms with Crippen molar-refractivity contribution in [2.75, 3.05) is 25.6 Å². The zero-order valence-electron chi connectivity index (χ0n) is 11.8. The number of rotatable bonds is 4. The second kappa shape index (κ2) is 6.25. The van der Waals surface area contributed by atoms with Crippen LogP contribution in [0.4, 0.5) is 10.5 Å². The first kappa shape index (κ1) is 14.8. The van der Waals surface area contributed by atoms with Crippen molar-refractivity contribution in [3.63, 3.8) is 0 Å². The van der Waals surface area contributed by atoms with Gasteiger partial charge < -0.3 is 14.8 Å². The van der Waals surface area contributed by atoms with Gasteiger partial charge in [0, 0.05) is 7.05 Å². The number of hydrogen-bond donors (Lipinski definition) is 1. The number of anilines is 1. The van der Waals surface area contributed by atoms with E-state index in [0.717, 1.165) is 0 Å². The highest BCUT2D eigenvalue weighted by Crippen LogP contribution is 2.18. The van der Waals surface area contributed by atoms with E-state index in [1.807, 2.05) is 0 Å². The van der Waals surface area contributed by atoms with Gasteiger partial charge in [0.15, 0.2) is 0 Å². The molecule has 0 spiro atoms. The highest BCUT2D eigenvalue weighted by molar-refractivity contribution is 6.03. The Morgan fingerprint density at radius 2 is 2.14 bits per heavy atom. The van der Waals surface area contributed by atoms with Crippen LogP contribution >= 0.6 is 0 Å². The van der Waals surface area contributed by atoms with E-state index >= 15 is 0 Å². The standard InChI is InChI=1S/C14H16N2O5/c1-3-20-13(18)9-6-4-5-7-10(9)15-12(17)11-8-21-14(19)16(11)2/h4-7,11H,3,8H2,1-2H3,(H,15,17). The predicted octanol–water partition coefficient (Wildman–Crippen LogP) is 1.25. The van der Waals surface area contributed by atoms with Gasteiger partial charge in [0.1, 0.15) is 12.6 Å². The van der Waals surface area contributed by atoms with Gasteiger partial charge in [-0.1, -0.05) is 12.1 Å². The zero-order chi connectivity index (χ0) is 15.4. The topological polar surface area (TPSA) is 84.9 Å². The number of amides is 2. The quantitative estimate of drug-likeness (QED) is 0.844. The number of esters is 1. The van der Waals surface area contributed by atoms with Crippen LogP contribution in [0.5, 0.6) is 0 Å². The average molecular weight is 292 g/mol. The molecule has 2 amide bonds. The smallest absolute Gasteiger partial charge is 0.410 e. The molecule has 0 bridgehead atoms. The number of para-hydroxylation sites is 1. The SMILES string of the molecule is CCOC(=O)c1ccccc1NC(=O)C1COC(=O)N1C. The first-order chi connectivity index (χ1) is 10.0. The number of nitrogens with one attached hydrogen (secondary N) is 1. The first-order valence-electron chi connectivity index (χ1n) is 6.51. The predicted molar refractivity (Wildman–Crippen MR) is 73.9 cm³/mol. The minimum atomic E-state index is -0.715. The Morgan fingerprint density at radius 3 is 2.76 bits per heavy atom. The lowest BCUT2D eigenvalue weighted by Gasteiger charge is -2.16. The van der Waals surface area contributed by atoms with E-state index in [2.05, 4.69) is 5.32 Å². The number of likely N-dealkylation sites (N-methyl/N-ethyl adjacent to an activating group) is 1. The molecule has 0 aromatic heterocycles. The molecule has 0 saturated carbocycles. The molecule has 1 fully saturated rings. The zero-order valence-corrected chi connectivity index (χ0v) is 11.8. The van der Waals surface area contributed by atoms with Crippen LogP contribution in [0.1, 0.15) is 17.3 Å². The molecule has 1 atom stereocenters. The summed E-state index contributed by atoms with van der Waals surface area (Å²) in [7, 11) is 1.48. The molecule has 1 aliphatic rings. The van der Waals surface area contributed by atoms with Crippen LogP contribution in [-0.4, -0.2) is 49.2 Å². The summed E-state index contributed by atoms with van der Waals surface area (Å²) in [5.74, 6) is -0.930. The molecule has 1 aliphatic heterocycles. The molecule has 1 aromatic rings. The maximum Gasteiger partial charge on any atom is 0.410 e. The maximum absolute atomic E-state index is 12.2. The number of carbonyl (C=O) groups excluding carboxylic acids is 3. The van der Waals surface area contributed by atoms with Crippen molar-refractivity contribution >= 4 is 23.7 Å². The Morgan fingerprint density at radius 1 is 1.43 bits per heavy atom. The molecule has 1 N–H and O–H groups in total. The lowest BCUT2D eigenvalue weighted by molar-refractivity contribution is -0.119. The Kier molecular flexibility index (Phi) is 4.42. The van der Waals surface area contributed by atoms with Gasteiger partial charge >= 0.3 is 12.1 Å². The summed E-state index contributed by atoms with van der Waals surface area (Å²) in [6.45, 7) is 1.94. The van der Waals surface area contributed by atoms with Gasteiger partial charge in [-0.3, -0.25) is 9.69 Å². The average Bonchev–Trinajstić information content (AvgIpc) is 2.80. The van der Waals surface area contributed by atoms with Gasteiger partial charge in [0.25, 0.3) is 5.91 Å². The van der Waals surface area contributed by atoms with Gasteiger partial charge in [-0.05, 0) is 19.1 Å². The monoisotopic (exact) mass is 292 g/mol. The number of hydrogen-bond acceptors (Lipinski definition) is 5. The van der Waals surface area contributed by atoms with Gasteiger partial charge in [0.2, 0.25) is 0 Å². The number of carbonyl (C=O) groups is 3. The molecule has 112 valence electrons. The Balaban J connectivity index is 2.14. The van der Waals surface area contributed by atoms with Crippen LogP contribution in [0.2, 0.25) is 0 Å². The normalized spacial score (nSPS) is 17.3. The molecule has 7 nitrogen and oxygen atoms in total. The van der Waals surface area contributed by atoms with Crippen LogP contribution in [-0.2, 0) is 14.3 Å². The third-order valence-corrected chi connectivity index (χ3v) is 3.10. The summed E-state index contributed by atoms with van der Waals surface area (Å²) in [6.07, 6.45) is -0.547. The summed E-state index contributed by atoms with van der Waals surface area (Å²) in [5.41, 5.74) is 0.606. The van der Waals surface area contributed by atoms with Crippen molar-refractivity contribution in [2.24, 2.45) is 0 Å². The molecule has 0 radical (unpaired) electrons. The van der Waals surface area contributed by atoms with Crippen LogP contribution in [0.25, 0.3) is 0 Å². The number of cyclic esters (lactones) is 1. The Hall–Kier alpha value is -2.57. The van der Waals surface area contributed by atoms with Crippen LogP contribution in [0.3, 0.4) is 0 Å². The fraction of sp³-hybridized carbons (Fsp3) is 0.357. The van der Waals surface area contributed by atoms with Crippen molar-refractivity contribution in [3.05, 3.63) is 29.8 Å². The summed E-state index contributed by atoms with van der Waals surface area (Å²) in [5, 5.41) is 2.63. The van der Waals surface area contributed by atoms with E-state index in [-0.39, 0.29) is 18.8 Å². The molecule has 0 aliphatic carbocycles. The Bertz CT molecular complexity index is 572. The van der Waals surface area contributed by atoms with Crippen molar-refractivity contribution < 1.29 is 23.9 Å². The minimum Gasteiger partial charge on any atom is -0.462 e. The third-order valence-electron chi connectivity index (χ3n) is 3.10. The summed E-state index contributed by atoms with van der Waals surface area (Å²) >= 11 is 0. The first-order valence-corrected chi connectivity index (χ1v) is 6.51. The third kappa shape index (κ3) is 3.13. The van der Waals surface area contributed by atoms with Gasteiger partial charge in [-0.2, -0.15) is 0 Å². The minimum absolute atomic E-state index is 0.0112. The van der Waals surface area contributed by atoms with Crippen molar-refractivity contribution in [2.45, 2.75) is 13.0 Å². The molecule has 2 rings (SSSR count). The molecule has 1 aromatic carbocycles. The molecule has 1 heterocycles. The van der Waals surface area contributed by atoms with E-state index < -0.39 is 24.0 Å². The highest BCUT2D eigenvalue weighted by atomic mass is 16.6. The van der Waals surface area contributed by atoms with Gasteiger partial charge in [-0.25, -0.2) is 9.59 Å². The van der Waals surface area contributed by atoms with E-state index in [4.69, 9.17) is 9.47 Å². The molecule has 1 unspecified atom stereocenters. The molecule has 7 heteroatoms. The van der Waals surface area contributed by atoms with Crippen molar-refractivity contribution in [1.82, 2.24) is 4.90 Å². The maximum atomic E-state index is 12.2. The van der Waals surface area contributed by atoms with E-state index in [9.17, 15) is 14.4 Å². The second-order valence-electron chi connectivity index (χ2n) is 4.46. The summed E-state index contributed by atoms with van der Waals surface area (Å²) in [6, 6.07) is 5.82. The second-order valence-corrected chi connectivity index (χ2v) is 4.46. The van der Waals surface area contributed by atoms with Gasteiger partial charge in [-0.15, -0.1) is 0 Å². The summed E-state index contributed by atoms with van der Waals surface area (Å²) < 4.78 is 9.72. The van der Waals surface area contributed by atoms with Crippen molar-refractivity contribution in [1.29, 1.82) is 0 Å². The fourth-order valence-electron chi connectivity index (χ4n) is 1.94. The summed E-state index contributed by atoms with van der Waals surface area (Å²) in [4.78, 5) is 36.5. The lowest BCUT2D eigenvalue weighted by Crippen LogP contribution is -2.40. The molecule has 21 heavy (non-hydrogen) atoms.